The quantitative estimate of drug-likeness (QED) is 0.923. The number of benzene rings is 1. The molecule has 1 aromatic heterocycles. The summed E-state index contributed by atoms with van der Waals surface area (Å²) >= 11 is 0. The molecule has 0 unspecified atom stereocenters. The molecule has 0 radical (unpaired) electrons. The topological polar surface area (TPSA) is 92.5 Å². The molecule has 7 nitrogen and oxygen atoms in total. The minimum Gasteiger partial charge on any atom is -0.438 e. The van der Waals surface area contributed by atoms with E-state index in [-0.39, 0.29) is 10.7 Å². The molecule has 1 fully saturated rings. The van der Waals surface area contributed by atoms with Gasteiger partial charge in [-0.25, -0.2) is 13.4 Å². The Hall–Kier alpha value is -2.19. The van der Waals surface area contributed by atoms with E-state index in [1.54, 1.807) is 12.1 Å². The molecule has 0 spiro atoms. The maximum atomic E-state index is 12.5. The second-order valence-corrected chi connectivity index (χ2v) is 7.25. The zero-order chi connectivity index (χ0) is 16.3. The molecule has 122 valence electrons. The summed E-state index contributed by atoms with van der Waals surface area (Å²) in [5, 5.41) is 2.62. The number of rotatable bonds is 4. The third-order valence-electron chi connectivity index (χ3n) is 3.72. The standard InChI is InChI=1S/C15H17N3O4S/c19-15(14-10-16-11-22-14)17-12-4-6-13(7-5-12)23(20,21)18-8-2-1-3-9-18/h4-7,10-11H,1-3,8-9H2,(H,17,19). The average Bonchev–Trinajstić information content (AvgIpc) is 3.11. The van der Waals surface area contributed by atoms with E-state index in [0.717, 1.165) is 19.3 Å². The third kappa shape index (κ3) is 3.43. The maximum Gasteiger partial charge on any atom is 0.293 e. The zero-order valence-corrected chi connectivity index (χ0v) is 13.3. The highest BCUT2D eigenvalue weighted by molar-refractivity contribution is 7.89. The molecule has 1 aliphatic heterocycles. The summed E-state index contributed by atoms with van der Waals surface area (Å²) in [6, 6.07) is 6.12. The molecule has 2 aromatic rings. The summed E-state index contributed by atoms with van der Waals surface area (Å²) in [4.78, 5) is 15.7. The zero-order valence-electron chi connectivity index (χ0n) is 12.4. The number of nitrogens with one attached hydrogen (secondary N) is 1. The molecule has 1 saturated heterocycles. The van der Waals surface area contributed by atoms with Crippen LogP contribution in [0.25, 0.3) is 0 Å². The van der Waals surface area contributed by atoms with Crippen LogP contribution in [0.15, 0.2) is 46.2 Å². The summed E-state index contributed by atoms with van der Waals surface area (Å²) in [6.45, 7) is 1.12. The Morgan fingerprint density at radius 1 is 1.13 bits per heavy atom. The van der Waals surface area contributed by atoms with Crippen molar-refractivity contribution in [3.8, 4) is 0 Å². The van der Waals surface area contributed by atoms with Crippen molar-refractivity contribution in [1.29, 1.82) is 0 Å². The van der Waals surface area contributed by atoms with E-state index < -0.39 is 15.9 Å². The molecule has 23 heavy (non-hydrogen) atoms. The van der Waals surface area contributed by atoms with E-state index in [4.69, 9.17) is 4.42 Å². The van der Waals surface area contributed by atoms with Crippen LogP contribution < -0.4 is 5.32 Å². The van der Waals surface area contributed by atoms with Crippen molar-refractivity contribution < 1.29 is 17.6 Å². The van der Waals surface area contributed by atoms with Crippen LogP contribution in [0, 0.1) is 0 Å². The predicted molar refractivity (Wildman–Crippen MR) is 83.5 cm³/mol. The molecule has 0 bridgehead atoms. The van der Waals surface area contributed by atoms with Crippen LogP contribution in [-0.4, -0.2) is 36.7 Å². The summed E-state index contributed by atoms with van der Waals surface area (Å²) in [7, 11) is -3.46. The van der Waals surface area contributed by atoms with Gasteiger partial charge in [-0.15, -0.1) is 0 Å². The van der Waals surface area contributed by atoms with E-state index in [1.807, 2.05) is 0 Å². The Labute approximate surface area is 134 Å². The van der Waals surface area contributed by atoms with Crippen LogP contribution in [0.3, 0.4) is 0 Å². The molecule has 1 N–H and O–H groups in total. The Bertz CT molecular complexity index is 764. The van der Waals surface area contributed by atoms with Gasteiger partial charge >= 0.3 is 0 Å². The molecule has 8 heteroatoms. The number of carbonyl (C=O) groups is 1. The van der Waals surface area contributed by atoms with Gasteiger partial charge in [-0.05, 0) is 37.1 Å². The van der Waals surface area contributed by atoms with E-state index >= 15 is 0 Å². The largest absolute Gasteiger partial charge is 0.438 e. The normalized spacial score (nSPS) is 16.2. The number of oxazole rings is 1. The van der Waals surface area contributed by atoms with Crippen LogP contribution >= 0.6 is 0 Å². The fourth-order valence-corrected chi connectivity index (χ4v) is 4.00. The lowest BCUT2D eigenvalue weighted by atomic mass is 10.2. The minimum absolute atomic E-state index is 0.0926. The first-order valence-corrected chi connectivity index (χ1v) is 8.81. The Kier molecular flexibility index (Phi) is 4.44. The van der Waals surface area contributed by atoms with Crippen LogP contribution in [0.5, 0.6) is 0 Å². The van der Waals surface area contributed by atoms with Crippen LogP contribution in [-0.2, 0) is 10.0 Å². The van der Waals surface area contributed by atoms with E-state index in [1.165, 1.54) is 29.0 Å². The van der Waals surface area contributed by atoms with Gasteiger partial charge in [-0.2, -0.15) is 4.31 Å². The first-order valence-electron chi connectivity index (χ1n) is 7.37. The molecule has 3 rings (SSSR count). The predicted octanol–water partition coefficient (Wildman–Crippen LogP) is 2.10. The van der Waals surface area contributed by atoms with Crippen molar-refractivity contribution in [1.82, 2.24) is 9.29 Å². The monoisotopic (exact) mass is 335 g/mol. The summed E-state index contributed by atoms with van der Waals surface area (Å²) in [6.07, 6.45) is 5.33. The van der Waals surface area contributed by atoms with Gasteiger partial charge in [0, 0.05) is 18.8 Å². The van der Waals surface area contributed by atoms with Crippen molar-refractivity contribution in [2.45, 2.75) is 24.2 Å². The highest BCUT2D eigenvalue weighted by atomic mass is 32.2. The number of anilines is 1. The Morgan fingerprint density at radius 3 is 2.43 bits per heavy atom. The van der Waals surface area contributed by atoms with Gasteiger partial charge in [-0.1, -0.05) is 6.42 Å². The van der Waals surface area contributed by atoms with Gasteiger partial charge in [0.15, 0.2) is 6.39 Å². The first kappa shape index (κ1) is 15.7. The lowest BCUT2D eigenvalue weighted by Gasteiger charge is -2.25. The number of nitrogens with zero attached hydrogens (tertiary/aromatic N) is 2. The number of sulfonamides is 1. The smallest absolute Gasteiger partial charge is 0.293 e. The van der Waals surface area contributed by atoms with Crippen molar-refractivity contribution >= 4 is 21.6 Å². The molecule has 2 heterocycles. The van der Waals surface area contributed by atoms with Gasteiger partial charge in [0.05, 0.1) is 11.1 Å². The first-order chi connectivity index (χ1) is 11.1. The maximum absolute atomic E-state index is 12.5. The molecule has 1 aliphatic rings. The second-order valence-electron chi connectivity index (χ2n) is 5.31. The number of hydrogen-bond acceptors (Lipinski definition) is 5. The van der Waals surface area contributed by atoms with Crippen LogP contribution in [0.2, 0.25) is 0 Å². The summed E-state index contributed by atoms with van der Waals surface area (Å²) < 4.78 is 31.5. The molecule has 0 aliphatic carbocycles. The molecule has 1 aromatic carbocycles. The van der Waals surface area contributed by atoms with Crippen molar-refractivity contribution in [3.05, 3.63) is 42.6 Å². The van der Waals surface area contributed by atoms with Gasteiger partial charge in [0.2, 0.25) is 15.8 Å². The molecule has 1 amide bonds. The third-order valence-corrected chi connectivity index (χ3v) is 5.63. The van der Waals surface area contributed by atoms with E-state index in [0.29, 0.717) is 18.8 Å². The average molecular weight is 335 g/mol. The molecular weight excluding hydrogens is 318 g/mol. The number of carbonyl (C=O) groups excluding carboxylic acids is 1. The SMILES string of the molecule is O=C(Nc1ccc(S(=O)(=O)N2CCCCC2)cc1)c1cnco1. The van der Waals surface area contributed by atoms with Crippen molar-refractivity contribution in [2.75, 3.05) is 18.4 Å². The lowest BCUT2D eigenvalue weighted by molar-refractivity contribution is 0.0996. The van der Waals surface area contributed by atoms with Crippen LogP contribution in [0.1, 0.15) is 29.8 Å². The number of piperidine rings is 1. The lowest BCUT2D eigenvalue weighted by Crippen LogP contribution is -2.35. The van der Waals surface area contributed by atoms with E-state index in [9.17, 15) is 13.2 Å². The highest BCUT2D eigenvalue weighted by Gasteiger charge is 2.25. The highest BCUT2D eigenvalue weighted by Crippen LogP contribution is 2.22. The molecular formula is C15H17N3O4S. The minimum atomic E-state index is -3.46. The fraction of sp³-hybridized carbons (Fsp3) is 0.333. The fourth-order valence-electron chi connectivity index (χ4n) is 2.49. The number of hydrogen-bond donors (Lipinski definition) is 1. The van der Waals surface area contributed by atoms with Gasteiger partial charge in [0.25, 0.3) is 5.91 Å². The summed E-state index contributed by atoms with van der Waals surface area (Å²) in [5.74, 6) is -0.343. The van der Waals surface area contributed by atoms with Gasteiger partial charge in [-0.3, -0.25) is 4.79 Å². The van der Waals surface area contributed by atoms with Crippen molar-refractivity contribution in [3.63, 3.8) is 0 Å². The number of aromatic nitrogens is 1. The van der Waals surface area contributed by atoms with Gasteiger partial charge in [0.1, 0.15) is 0 Å². The van der Waals surface area contributed by atoms with Crippen LogP contribution in [0.4, 0.5) is 5.69 Å². The van der Waals surface area contributed by atoms with Gasteiger partial charge < -0.3 is 9.73 Å². The van der Waals surface area contributed by atoms with Crippen molar-refractivity contribution in [2.24, 2.45) is 0 Å². The molecule has 0 saturated carbocycles. The Balaban J connectivity index is 1.72. The molecule has 0 atom stereocenters. The second kappa shape index (κ2) is 6.51. The Morgan fingerprint density at radius 2 is 1.83 bits per heavy atom. The van der Waals surface area contributed by atoms with E-state index in [2.05, 4.69) is 10.3 Å². The number of amides is 1. The summed E-state index contributed by atoms with van der Waals surface area (Å²) in [5.41, 5.74) is 0.490.